The molecule has 8 nitrogen and oxygen atoms in total. The van der Waals surface area contributed by atoms with Gasteiger partial charge in [0.25, 0.3) is 5.17 Å². The van der Waals surface area contributed by atoms with Crippen molar-refractivity contribution in [2.24, 2.45) is 15.9 Å². The Morgan fingerprint density at radius 2 is 1.95 bits per heavy atom. The Hall–Kier alpha value is -2.26. The molecule has 0 unspecified atom stereocenters. The number of nitrogens with zero attached hydrogens (tertiary/aromatic N) is 2. The minimum absolute atomic E-state index is 0.188. The van der Waals surface area contributed by atoms with Crippen LogP contribution >= 0.6 is 0 Å². The number of nitrogens with one attached hydrogen (secondary N) is 1. The van der Waals surface area contributed by atoms with Crippen molar-refractivity contribution in [3.63, 3.8) is 0 Å². The van der Waals surface area contributed by atoms with Crippen LogP contribution in [0, 0.1) is 0 Å². The highest BCUT2D eigenvalue weighted by atomic mass is 32.2. The fraction of sp³-hybridized carbons (Fsp3) is 0.100. The van der Waals surface area contributed by atoms with Gasteiger partial charge in [0.2, 0.25) is 5.91 Å². The molecule has 0 atom stereocenters. The highest BCUT2D eigenvalue weighted by Gasteiger charge is 2.09. The van der Waals surface area contributed by atoms with E-state index in [-0.39, 0.29) is 5.91 Å². The molecule has 0 heterocycles. The van der Waals surface area contributed by atoms with Gasteiger partial charge in [-0.25, -0.2) is 0 Å². The molecule has 9 heteroatoms. The molecule has 0 fully saturated rings. The van der Waals surface area contributed by atoms with Crippen LogP contribution in [0.5, 0.6) is 0 Å². The standard InChI is InChI=1S/C10H12N4O4S/c1-7(15)13-9-4-2-8(3-5-9)6-12-14-10(11)19(16,17)18/h2-6H,1H3,(H2,11,14)(H,13,15)(H,16,17,18)/b12-6-. The number of hydrogen-bond donors (Lipinski definition) is 3. The lowest BCUT2D eigenvalue weighted by atomic mass is 10.2. The van der Waals surface area contributed by atoms with Gasteiger partial charge in [-0.3, -0.25) is 9.35 Å². The maximum absolute atomic E-state index is 10.8. The summed E-state index contributed by atoms with van der Waals surface area (Å²) < 4.78 is 29.5. The minimum atomic E-state index is -4.51. The quantitative estimate of drug-likeness (QED) is 0.315. The molecule has 0 aliphatic heterocycles. The fourth-order valence-electron chi connectivity index (χ4n) is 1.06. The van der Waals surface area contributed by atoms with Gasteiger partial charge in [-0.05, 0) is 17.7 Å². The lowest BCUT2D eigenvalue weighted by Crippen LogP contribution is -2.22. The summed E-state index contributed by atoms with van der Waals surface area (Å²) in [5.41, 5.74) is 6.17. The van der Waals surface area contributed by atoms with E-state index in [1.807, 2.05) is 0 Å². The Kier molecular flexibility index (Phi) is 4.73. The molecule has 0 saturated carbocycles. The van der Waals surface area contributed by atoms with Crippen molar-refractivity contribution in [3.8, 4) is 0 Å². The first-order valence-electron chi connectivity index (χ1n) is 5.00. The summed E-state index contributed by atoms with van der Waals surface area (Å²) >= 11 is 0. The molecular formula is C10H12N4O4S. The number of amidine groups is 1. The van der Waals surface area contributed by atoms with Crippen LogP contribution in [0.15, 0.2) is 34.5 Å². The van der Waals surface area contributed by atoms with Gasteiger partial charge in [-0.15, -0.1) is 5.10 Å². The monoisotopic (exact) mass is 284 g/mol. The van der Waals surface area contributed by atoms with Gasteiger partial charge >= 0.3 is 10.1 Å². The third-order valence-electron chi connectivity index (χ3n) is 1.86. The smallest absolute Gasteiger partial charge is 0.329 e. The van der Waals surface area contributed by atoms with E-state index in [4.69, 9.17) is 10.3 Å². The van der Waals surface area contributed by atoms with Crippen molar-refractivity contribution < 1.29 is 17.8 Å². The number of hydrogen-bond acceptors (Lipinski definition) is 5. The molecule has 1 aromatic rings. The number of carbonyl (C=O) groups excluding carboxylic acids is 1. The maximum atomic E-state index is 10.8. The number of amides is 1. The Morgan fingerprint density at radius 3 is 2.42 bits per heavy atom. The fourth-order valence-corrected chi connectivity index (χ4v) is 1.21. The number of anilines is 1. The van der Waals surface area contributed by atoms with Crippen molar-refractivity contribution >= 4 is 33.1 Å². The van der Waals surface area contributed by atoms with Crippen molar-refractivity contribution in [1.29, 1.82) is 0 Å². The third-order valence-corrected chi connectivity index (χ3v) is 2.47. The lowest BCUT2D eigenvalue weighted by Gasteiger charge is -2.00. The molecule has 1 amide bonds. The van der Waals surface area contributed by atoms with Crippen LogP contribution < -0.4 is 11.1 Å². The zero-order chi connectivity index (χ0) is 14.5. The largest absolute Gasteiger partial charge is 0.371 e. The molecule has 102 valence electrons. The summed E-state index contributed by atoms with van der Waals surface area (Å²) in [5, 5.41) is 8.12. The molecule has 4 N–H and O–H groups in total. The van der Waals surface area contributed by atoms with Gasteiger partial charge < -0.3 is 11.1 Å². The normalized spacial score (nSPS) is 12.6. The van der Waals surface area contributed by atoms with Crippen LogP contribution in [0.2, 0.25) is 0 Å². The maximum Gasteiger partial charge on any atom is 0.329 e. The molecule has 0 aromatic heterocycles. The summed E-state index contributed by atoms with van der Waals surface area (Å²) in [4.78, 5) is 10.8. The zero-order valence-corrected chi connectivity index (χ0v) is 10.8. The van der Waals surface area contributed by atoms with Crippen LogP contribution in [-0.4, -0.2) is 30.3 Å². The van der Waals surface area contributed by atoms with Crippen molar-refractivity contribution in [2.75, 3.05) is 5.32 Å². The van der Waals surface area contributed by atoms with E-state index in [1.54, 1.807) is 24.3 Å². The van der Waals surface area contributed by atoms with E-state index >= 15 is 0 Å². The van der Waals surface area contributed by atoms with E-state index < -0.39 is 15.3 Å². The van der Waals surface area contributed by atoms with Gasteiger partial charge in [0, 0.05) is 12.6 Å². The van der Waals surface area contributed by atoms with E-state index in [0.717, 1.165) is 0 Å². The third kappa shape index (κ3) is 5.27. The minimum Gasteiger partial charge on any atom is -0.371 e. The van der Waals surface area contributed by atoms with Gasteiger partial charge in [0.15, 0.2) is 0 Å². The van der Waals surface area contributed by atoms with Crippen LogP contribution in [0.3, 0.4) is 0 Å². The van der Waals surface area contributed by atoms with Gasteiger partial charge in [-0.2, -0.15) is 13.5 Å². The second-order valence-electron chi connectivity index (χ2n) is 3.46. The van der Waals surface area contributed by atoms with E-state index in [1.165, 1.54) is 13.1 Å². The molecule has 0 bridgehead atoms. The van der Waals surface area contributed by atoms with Crippen LogP contribution in [-0.2, 0) is 14.9 Å². The highest BCUT2D eigenvalue weighted by Crippen LogP contribution is 2.07. The summed E-state index contributed by atoms with van der Waals surface area (Å²) in [6.45, 7) is 1.39. The predicted octanol–water partition coefficient (Wildman–Crippen LogP) is 0.181. The van der Waals surface area contributed by atoms with Crippen molar-refractivity contribution in [2.45, 2.75) is 6.92 Å². The van der Waals surface area contributed by atoms with E-state index in [9.17, 15) is 13.2 Å². The Morgan fingerprint density at radius 1 is 1.37 bits per heavy atom. The van der Waals surface area contributed by atoms with Crippen molar-refractivity contribution in [3.05, 3.63) is 29.8 Å². The molecule has 0 aliphatic carbocycles. The molecule has 0 saturated heterocycles. The van der Waals surface area contributed by atoms with Crippen LogP contribution in [0.4, 0.5) is 5.69 Å². The van der Waals surface area contributed by atoms with Crippen LogP contribution in [0.25, 0.3) is 0 Å². The summed E-state index contributed by atoms with van der Waals surface area (Å²) in [5.74, 6) is -0.188. The number of benzene rings is 1. The summed E-state index contributed by atoms with van der Waals surface area (Å²) in [6, 6.07) is 6.54. The Bertz CT molecular complexity index is 619. The van der Waals surface area contributed by atoms with E-state index in [2.05, 4.69) is 15.5 Å². The van der Waals surface area contributed by atoms with Crippen LogP contribution in [0.1, 0.15) is 12.5 Å². The first-order valence-corrected chi connectivity index (χ1v) is 6.44. The molecule has 1 rings (SSSR count). The van der Waals surface area contributed by atoms with E-state index in [0.29, 0.717) is 11.3 Å². The van der Waals surface area contributed by atoms with Gasteiger partial charge in [0.05, 0.1) is 6.21 Å². The Labute approximate surface area is 109 Å². The number of nitrogens with two attached hydrogens (primary N) is 1. The molecule has 1 aromatic carbocycles. The zero-order valence-electron chi connectivity index (χ0n) is 9.94. The number of carbonyl (C=O) groups is 1. The summed E-state index contributed by atoms with van der Waals surface area (Å²) in [6.07, 6.45) is 1.25. The average Bonchev–Trinajstić information content (AvgIpc) is 2.29. The molecule has 0 radical (unpaired) electrons. The predicted molar refractivity (Wildman–Crippen MR) is 71.5 cm³/mol. The molecule has 0 aliphatic rings. The number of rotatable bonds is 3. The van der Waals surface area contributed by atoms with Crippen molar-refractivity contribution in [1.82, 2.24) is 0 Å². The lowest BCUT2D eigenvalue weighted by molar-refractivity contribution is -0.114. The first kappa shape index (κ1) is 14.8. The molecular weight excluding hydrogens is 272 g/mol. The summed E-state index contributed by atoms with van der Waals surface area (Å²) in [7, 11) is -4.51. The second kappa shape index (κ2) is 6.07. The first-order chi connectivity index (χ1) is 8.79. The average molecular weight is 284 g/mol. The second-order valence-corrected chi connectivity index (χ2v) is 4.83. The SMILES string of the molecule is CC(=O)Nc1ccc(/C=N\N=C(\N)S(=O)(=O)O)cc1. The molecule has 0 spiro atoms. The molecule has 19 heavy (non-hydrogen) atoms. The highest BCUT2D eigenvalue weighted by molar-refractivity contribution is 8.01. The van der Waals surface area contributed by atoms with Gasteiger partial charge in [-0.1, -0.05) is 12.1 Å². The Balaban J connectivity index is 2.76. The van der Waals surface area contributed by atoms with Gasteiger partial charge in [0.1, 0.15) is 0 Å². The topological polar surface area (TPSA) is 134 Å².